The fraction of sp³-hybridized carbons (Fsp3) is 0.188. The maximum Gasteiger partial charge on any atom is 0.293 e. The highest BCUT2D eigenvalue weighted by Crippen LogP contribution is 2.30. The predicted octanol–water partition coefficient (Wildman–Crippen LogP) is 3.53. The molecule has 0 amide bonds. The van der Waals surface area contributed by atoms with Gasteiger partial charge in [0.25, 0.3) is 11.6 Å². The van der Waals surface area contributed by atoms with E-state index in [0.29, 0.717) is 16.9 Å². The van der Waals surface area contributed by atoms with E-state index < -0.39 is 4.92 Å². The first-order valence-corrected chi connectivity index (χ1v) is 7.35. The van der Waals surface area contributed by atoms with Gasteiger partial charge in [0.1, 0.15) is 11.4 Å². The third kappa shape index (κ3) is 3.22. The van der Waals surface area contributed by atoms with Crippen LogP contribution in [0.4, 0.5) is 11.4 Å². The highest BCUT2D eigenvalue weighted by molar-refractivity contribution is 5.71. The standard InChI is InChI=1S/C16H15N5O3/c1-10(2)18-12-7-6-11(9-14(12)21(22)23)15-19-16(24-20-15)13-5-3-4-8-17-13/h3-10,18H,1-2H3. The number of nitro groups is 1. The first-order chi connectivity index (χ1) is 11.5. The molecule has 24 heavy (non-hydrogen) atoms. The van der Waals surface area contributed by atoms with Crippen molar-refractivity contribution < 1.29 is 9.45 Å². The van der Waals surface area contributed by atoms with Crippen molar-refractivity contribution in [1.82, 2.24) is 15.1 Å². The zero-order valence-electron chi connectivity index (χ0n) is 13.1. The summed E-state index contributed by atoms with van der Waals surface area (Å²) in [6, 6.07) is 10.2. The second-order valence-electron chi connectivity index (χ2n) is 5.43. The highest BCUT2D eigenvalue weighted by atomic mass is 16.6. The lowest BCUT2D eigenvalue weighted by molar-refractivity contribution is -0.383. The molecule has 3 rings (SSSR count). The van der Waals surface area contributed by atoms with Gasteiger partial charge < -0.3 is 9.84 Å². The molecule has 0 aliphatic heterocycles. The van der Waals surface area contributed by atoms with Crippen LogP contribution in [0.1, 0.15) is 13.8 Å². The summed E-state index contributed by atoms with van der Waals surface area (Å²) < 4.78 is 5.19. The Morgan fingerprint density at radius 2 is 2.08 bits per heavy atom. The Bertz CT molecular complexity index is 861. The average Bonchev–Trinajstić information content (AvgIpc) is 3.05. The summed E-state index contributed by atoms with van der Waals surface area (Å²) in [5.41, 5.74) is 1.46. The van der Waals surface area contributed by atoms with E-state index >= 15 is 0 Å². The number of hydrogen-bond donors (Lipinski definition) is 1. The lowest BCUT2D eigenvalue weighted by Crippen LogP contribution is -2.11. The molecule has 0 spiro atoms. The summed E-state index contributed by atoms with van der Waals surface area (Å²) in [6.07, 6.45) is 1.62. The van der Waals surface area contributed by atoms with Crippen LogP contribution in [0.15, 0.2) is 47.1 Å². The van der Waals surface area contributed by atoms with E-state index in [0.717, 1.165) is 0 Å². The number of anilines is 1. The Morgan fingerprint density at radius 1 is 1.25 bits per heavy atom. The number of nitro benzene ring substituents is 1. The summed E-state index contributed by atoms with van der Waals surface area (Å²) >= 11 is 0. The SMILES string of the molecule is CC(C)Nc1ccc(-c2noc(-c3ccccn3)n2)cc1[N+](=O)[O-]. The Balaban J connectivity index is 1.97. The van der Waals surface area contributed by atoms with Crippen LogP contribution in [0.3, 0.4) is 0 Å². The Labute approximate surface area is 137 Å². The lowest BCUT2D eigenvalue weighted by atomic mass is 10.1. The molecule has 0 atom stereocenters. The van der Waals surface area contributed by atoms with E-state index in [-0.39, 0.29) is 23.4 Å². The maximum atomic E-state index is 11.3. The topological polar surface area (TPSA) is 107 Å². The Kier molecular flexibility index (Phi) is 4.19. The van der Waals surface area contributed by atoms with Gasteiger partial charge in [-0.15, -0.1) is 0 Å². The minimum atomic E-state index is -0.437. The van der Waals surface area contributed by atoms with Crippen LogP contribution < -0.4 is 5.32 Å². The van der Waals surface area contributed by atoms with Crippen molar-refractivity contribution in [1.29, 1.82) is 0 Å². The monoisotopic (exact) mass is 325 g/mol. The van der Waals surface area contributed by atoms with E-state index in [9.17, 15) is 10.1 Å². The summed E-state index contributed by atoms with van der Waals surface area (Å²) in [5.74, 6) is 0.535. The fourth-order valence-corrected chi connectivity index (χ4v) is 2.19. The fourth-order valence-electron chi connectivity index (χ4n) is 2.19. The number of benzene rings is 1. The van der Waals surface area contributed by atoms with Crippen LogP contribution in [0.2, 0.25) is 0 Å². The van der Waals surface area contributed by atoms with Gasteiger partial charge in [-0.25, -0.2) is 0 Å². The second-order valence-corrected chi connectivity index (χ2v) is 5.43. The molecule has 0 unspecified atom stereocenters. The van der Waals surface area contributed by atoms with Crippen LogP contribution in [0.5, 0.6) is 0 Å². The molecule has 2 aromatic heterocycles. The van der Waals surface area contributed by atoms with Gasteiger partial charge in [0, 0.05) is 23.9 Å². The van der Waals surface area contributed by atoms with E-state index in [1.165, 1.54) is 6.07 Å². The van der Waals surface area contributed by atoms with Gasteiger partial charge >= 0.3 is 0 Å². The van der Waals surface area contributed by atoms with Gasteiger partial charge in [0.2, 0.25) is 5.82 Å². The van der Waals surface area contributed by atoms with Gasteiger partial charge in [0.05, 0.1) is 4.92 Å². The smallest absolute Gasteiger partial charge is 0.293 e. The molecule has 0 saturated carbocycles. The normalized spacial score (nSPS) is 10.8. The van der Waals surface area contributed by atoms with Gasteiger partial charge in [-0.1, -0.05) is 11.2 Å². The van der Waals surface area contributed by atoms with Gasteiger partial charge in [-0.3, -0.25) is 15.1 Å². The molecule has 0 saturated heterocycles. The minimum Gasteiger partial charge on any atom is -0.377 e. The molecular weight excluding hydrogens is 310 g/mol. The molecule has 0 aliphatic rings. The summed E-state index contributed by atoms with van der Waals surface area (Å²) in [5, 5.41) is 18.2. The van der Waals surface area contributed by atoms with E-state index in [1.54, 1.807) is 30.5 Å². The molecule has 8 heteroatoms. The van der Waals surface area contributed by atoms with Crippen LogP contribution in [-0.2, 0) is 0 Å². The lowest BCUT2D eigenvalue weighted by Gasteiger charge is -2.10. The van der Waals surface area contributed by atoms with E-state index in [1.807, 2.05) is 19.9 Å². The summed E-state index contributed by atoms with van der Waals surface area (Å²) in [4.78, 5) is 19.3. The molecule has 1 N–H and O–H groups in total. The molecular formula is C16H15N5O3. The van der Waals surface area contributed by atoms with Crippen molar-refractivity contribution in [2.45, 2.75) is 19.9 Å². The second kappa shape index (κ2) is 6.45. The zero-order valence-corrected chi connectivity index (χ0v) is 13.1. The minimum absolute atomic E-state index is 0.0367. The Hall–Kier alpha value is -3.29. The number of hydrogen-bond acceptors (Lipinski definition) is 7. The largest absolute Gasteiger partial charge is 0.377 e. The third-order valence-electron chi connectivity index (χ3n) is 3.21. The number of nitrogens with one attached hydrogen (secondary N) is 1. The van der Waals surface area contributed by atoms with Crippen LogP contribution in [0, 0.1) is 10.1 Å². The molecule has 0 bridgehead atoms. The van der Waals surface area contributed by atoms with Crippen LogP contribution in [0.25, 0.3) is 23.0 Å². The molecule has 0 fully saturated rings. The Morgan fingerprint density at radius 3 is 2.75 bits per heavy atom. The van der Waals surface area contributed by atoms with E-state index in [4.69, 9.17) is 4.52 Å². The van der Waals surface area contributed by atoms with Gasteiger partial charge in [0.15, 0.2) is 0 Å². The number of rotatable bonds is 5. The molecule has 0 aliphatic carbocycles. The molecule has 3 aromatic rings. The van der Waals surface area contributed by atoms with E-state index in [2.05, 4.69) is 20.4 Å². The molecule has 8 nitrogen and oxygen atoms in total. The third-order valence-corrected chi connectivity index (χ3v) is 3.21. The van der Waals surface area contributed by atoms with Crippen molar-refractivity contribution in [2.75, 3.05) is 5.32 Å². The number of aromatic nitrogens is 3. The first kappa shape index (κ1) is 15.6. The molecule has 122 valence electrons. The van der Waals surface area contributed by atoms with Gasteiger partial charge in [-0.2, -0.15) is 4.98 Å². The van der Waals surface area contributed by atoms with Crippen molar-refractivity contribution in [3.8, 4) is 23.0 Å². The van der Waals surface area contributed by atoms with Gasteiger partial charge in [-0.05, 0) is 38.1 Å². The van der Waals surface area contributed by atoms with Crippen LogP contribution in [-0.4, -0.2) is 26.1 Å². The van der Waals surface area contributed by atoms with Crippen molar-refractivity contribution in [3.63, 3.8) is 0 Å². The highest BCUT2D eigenvalue weighted by Gasteiger charge is 2.18. The number of pyridine rings is 1. The summed E-state index contributed by atoms with van der Waals surface area (Å²) in [7, 11) is 0. The van der Waals surface area contributed by atoms with Crippen molar-refractivity contribution in [2.24, 2.45) is 0 Å². The molecule has 2 heterocycles. The first-order valence-electron chi connectivity index (χ1n) is 7.35. The maximum absolute atomic E-state index is 11.3. The summed E-state index contributed by atoms with van der Waals surface area (Å²) in [6.45, 7) is 3.83. The zero-order chi connectivity index (χ0) is 17.1. The average molecular weight is 325 g/mol. The van der Waals surface area contributed by atoms with Crippen molar-refractivity contribution in [3.05, 3.63) is 52.7 Å². The van der Waals surface area contributed by atoms with Crippen LogP contribution >= 0.6 is 0 Å². The quantitative estimate of drug-likeness (QED) is 0.564. The predicted molar refractivity (Wildman–Crippen MR) is 88.4 cm³/mol. The van der Waals surface area contributed by atoms with Crippen molar-refractivity contribution >= 4 is 11.4 Å². The molecule has 0 radical (unpaired) electrons. The number of nitrogens with zero attached hydrogens (tertiary/aromatic N) is 4. The molecule has 1 aromatic carbocycles.